The number of aromatic nitrogens is 3. The van der Waals surface area contributed by atoms with Crippen molar-refractivity contribution in [3.8, 4) is 0 Å². The molecule has 1 fully saturated rings. The zero-order chi connectivity index (χ0) is 19.6. The van der Waals surface area contributed by atoms with Crippen LogP contribution in [0.3, 0.4) is 0 Å². The second kappa shape index (κ2) is 7.85. The maximum Gasteiger partial charge on any atom is 0.225 e. The first-order chi connectivity index (χ1) is 14.3. The Morgan fingerprint density at radius 2 is 2.10 bits per heavy atom. The minimum Gasteiger partial charge on any atom is -0.361 e. The summed E-state index contributed by atoms with van der Waals surface area (Å²) in [5, 5.41) is 4.38. The molecule has 1 saturated heterocycles. The fourth-order valence-corrected chi connectivity index (χ4v) is 4.59. The van der Waals surface area contributed by atoms with Crippen LogP contribution in [-0.4, -0.2) is 40.5 Å². The number of para-hydroxylation sites is 1. The van der Waals surface area contributed by atoms with Gasteiger partial charge in [0.05, 0.1) is 0 Å². The Morgan fingerprint density at radius 3 is 3.00 bits per heavy atom. The number of hydrogen-bond donors (Lipinski definition) is 2. The Kier molecular flexibility index (Phi) is 4.92. The average molecular weight is 390 g/mol. The van der Waals surface area contributed by atoms with E-state index in [4.69, 9.17) is 4.98 Å². The van der Waals surface area contributed by atoms with Crippen molar-refractivity contribution in [1.82, 2.24) is 20.3 Å². The number of fused-ring (bicyclic) bond motifs is 2. The Morgan fingerprint density at radius 1 is 1.24 bits per heavy atom. The minimum absolute atomic E-state index is 0.0201. The summed E-state index contributed by atoms with van der Waals surface area (Å²) in [5.74, 6) is 1.04. The van der Waals surface area contributed by atoms with Gasteiger partial charge in [-0.25, -0.2) is 9.97 Å². The first-order valence-corrected chi connectivity index (χ1v) is 10.7. The predicted molar refractivity (Wildman–Crippen MR) is 114 cm³/mol. The summed E-state index contributed by atoms with van der Waals surface area (Å²) in [6, 6.07) is 8.28. The number of hydrogen-bond acceptors (Lipinski definition) is 4. The molecule has 0 spiro atoms. The standard InChI is InChI=1S/C23H27N5O/c29-22(24-10-9-17-14-25-21-6-2-1-5-19(17)21)16-7-8-20-18(13-16)15-26-23(27-20)28-11-3-4-12-28/h1-2,5-6,14-16,25H,3-4,7-13H2,(H,24,29). The molecule has 1 aliphatic heterocycles. The van der Waals surface area contributed by atoms with Crippen LogP contribution in [0.15, 0.2) is 36.7 Å². The van der Waals surface area contributed by atoms with Gasteiger partial charge in [0.1, 0.15) is 0 Å². The molecule has 5 rings (SSSR count). The molecule has 2 aromatic heterocycles. The van der Waals surface area contributed by atoms with E-state index in [1.165, 1.54) is 23.8 Å². The molecule has 0 saturated carbocycles. The van der Waals surface area contributed by atoms with Crippen LogP contribution in [0.5, 0.6) is 0 Å². The van der Waals surface area contributed by atoms with Gasteiger partial charge in [0.2, 0.25) is 11.9 Å². The van der Waals surface area contributed by atoms with Crippen molar-refractivity contribution in [3.05, 3.63) is 53.5 Å². The number of aromatic amines is 1. The number of amides is 1. The number of aryl methyl sites for hydroxylation is 1. The normalized spacial score (nSPS) is 18.8. The highest BCUT2D eigenvalue weighted by atomic mass is 16.1. The second-order valence-corrected chi connectivity index (χ2v) is 8.18. The lowest BCUT2D eigenvalue weighted by Gasteiger charge is -2.24. The van der Waals surface area contributed by atoms with E-state index < -0.39 is 0 Å². The number of nitrogens with one attached hydrogen (secondary N) is 2. The van der Waals surface area contributed by atoms with Crippen molar-refractivity contribution in [2.45, 2.75) is 38.5 Å². The molecule has 0 radical (unpaired) electrons. The molecule has 0 bridgehead atoms. The van der Waals surface area contributed by atoms with Gasteiger partial charge in [0.15, 0.2) is 0 Å². The van der Waals surface area contributed by atoms with E-state index in [0.29, 0.717) is 6.54 Å². The Labute approximate surface area is 170 Å². The van der Waals surface area contributed by atoms with E-state index in [0.717, 1.165) is 61.5 Å². The zero-order valence-electron chi connectivity index (χ0n) is 16.7. The lowest BCUT2D eigenvalue weighted by Crippen LogP contribution is -2.35. The highest BCUT2D eigenvalue weighted by Gasteiger charge is 2.27. The van der Waals surface area contributed by atoms with E-state index in [9.17, 15) is 4.79 Å². The largest absolute Gasteiger partial charge is 0.361 e. The van der Waals surface area contributed by atoms with E-state index in [2.05, 4.69) is 38.4 Å². The molecule has 1 amide bonds. The lowest BCUT2D eigenvalue weighted by atomic mass is 9.86. The molecule has 6 nitrogen and oxygen atoms in total. The van der Waals surface area contributed by atoms with Crippen molar-refractivity contribution >= 4 is 22.8 Å². The molecular weight excluding hydrogens is 362 g/mol. The van der Waals surface area contributed by atoms with Crippen LogP contribution in [0.2, 0.25) is 0 Å². The molecule has 1 unspecified atom stereocenters. The number of rotatable bonds is 5. The number of nitrogens with zero attached hydrogens (tertiary/aromatic N) is 3. The molecule has 2 N–H and O–H groups in total. The molecule has 1 atom stereocenters. The predicted octanol–water partition coefficient (Wildman–Crippen LogP) is 3.02. The molecule has 3 aromatic rings. The summed E-state index contributed by atoms with van der Waals surface area (Å²) in [6.45, 7) is 2.77. The number of carbonyl (C=O) groups is 1. The van der Waals surface area contributed by atoms with Crippen LogP contribution >= 0.6 is 0 Å². The molecule has 3 heterocycles. The quantitative estimate of drug-likeness (QED) is 0.703. The van der Waals surface area contributed by atoms with Gasteiger partial charge in [-0.05, 0) is 55.7 Å². The summed E-state index contributed by atoms with van der Waals surface area (Å²) in [7, 11) is 0. The Balaban J connectivity index is 1.17. The number of anilines is 1. The van der Waals surface area contributed by atoms with Gasteiger partial charge >= 0.3 is 0 Å². The van der Waals surface area contributed by atoms with Crippen molar-refractivity contribution in [3.63, 3.8) is 0 Å². The third-order valence-electron chi connectivity index (χ3n) is 6.27. The monoisotopic (exact) mass is 389 g/mol. The number of H-pyrrole nitrogens is 1. The topological polar surface area (TPSA) is 73.9 Å². The molecule has 6 heteroatoms. The number of carbonyl (C=O) groups excluding carboxylic acids is 1. The summed E-state index contributed by atoms with van der Waals surface area (Å²) in [4.78, 5) is 27.6. The van der Waals surface area contributed by atoms with E-state index in [-0.39, 0.29) is 11.8 Å². The smallest absolute Gasteiger partial charge is 0.225 e. The van der Waals surface area contributed by atoms with Gasteiger partial charge in [-0.3, -0.25) is 4.79 Å². The van der Waals surface area contributed by atoms with Gasteiger partial charge in [0.25, 0.3) is 0 Å². The van der Waals surface area contributed by atoms with Crippen molar-refractivity contribution in [1.29, 1.82) is 0 Å². The van der Waals surface area contributed by atoms with Gasteiger partial charge in [-0.1, -0.05) is 18.2 Å². The molecule has 2 aliphatic rings. The Bertz CT molecular complexity index is 1020. The maximum absolute atomic E-state index is 12.7. The Hall–Kier alpha value is -2.89. The number of benzene rings is 1. The van der Waals surface area contributed by atoms with Gasteiger partial charge in [-0.2, -0.15) is 0 Å². The first-order valence-electron chi connectivity index (χ1n) is 10.7. The summed E-state index contributed by atoms with van der Waals surface area (Å²) < 4.78 is 0. The zero-order valence-corrected chi connectivity index (χ0v) is 16.7. The van der Waals surface area contributed by atoms with Crippen molar-refractivity contribution < 1.29 is 4.79 Å². The van der Waals surface area contributed by atoms with Crippen LogP contribution in [0.25, 0.3) is 10.9 Å². The van der Waals surface area contributed by atoms with E-state index in [1.54, 1.807) is 0 Å². The van der Waals surface area contributed by atoms with Crippen LogP contribution < -0.4 is 10.2 Å². The van der Waals surface area contributed by atoms with Crippen LogP contribution in [0.4, 0.5) is 5.95 Å². The summed E-state index contributed by atoms with van der Waals surface area (Å²) in [6.07, 6.45) is 9.74. The highest BCUT2D eigenvalue weighted by molar-refractivity contribution is 5.83. The van der Waals surface area contributed by atoms with Crippen LogP contribution in [-0.2, 0) is 24.1 Å². The van der Waals surface area contributed by atoms with Gasteiger partial charge < -0.3 is 15.2 Å². The van der Waals surface area contributed by atoms with Crippen molar-refractivity contribution in [2.75, 3.05) is 24.5 Å². The van der Waals surface area contributed by atoms with E-state index >= 15 is 0 Å². The van der Waals surface area contributed by atoms with Crippen LogP contribution in [0.1, 0.15) is 36.1 Å². The third-order valence-corrected chi connectivity index (χ3v) is 6.27. The molecule has 1 aliphatic carbocycles. The third kappa shape index (κ3) is 3.71. The van der Waals surface area contributed by atoms with Crippen molar-refractivity contribution in [2.24, 2.45) is 5.92 Å². The SMILES string of the molecule is O=C(NCCc1c[nH]c2ccccc12)C1CCc2nc(N3CCCC3)ncc2C1. The first kappa shape index (κ1) is 18.2. The lowest BCUT2D eigenvalue weighted by molar-refractivity contribution is -0.125. The summed E-state index contributed by atoms with van der Waals surface area (Å²) in [5.41, 5.74) is 4.66. The maximum atomic E-state index is 12.7. The second-order valence-electron chi connectivity index (χ2n) is 8.18. The van der Waals surface area contributed by atoms with Gasteiger partial charge in [0, 0.05) is 54.5 Å². The van der Waals surface area contributed by atoms with E-state index in [1.807, 2.05) is 18.5 Å². The fourth-order valence-electron chi connectivity index (χ4n) is 4.59. The van der Waals surface area contributed by atoms with Crippen LogP contribution in [0, 0.1) is 5.92 Å². The summed E-state index contributed by atoms with van der Waals surface area (Å²) >= 11 is 0. The average Bonchev–Trinajstić information content (AvgIpc) is 3.43. The van der Waals surface area contributed by atoms with Gasteiger partial charge in [-0.15, -0.1) is 0 Å². The molecule has 150 valence electrons. The highest BCUT2D eigenvalue weighted by Crippen LogP contribution is 2.26. The molecular formula is C23H27N5O. The molecule has 29 heavy (non-hydrogen) atoms. The molecule has 1 aromatic carbocycles. The fraction of sp³-hybridized carbons (Fsp3) is 0.435. The minimum atomic E-state index is 0.0201.